The molecule has 1 aromatic rings. The fourth-order valence-corrected chi connectivity index (χ4v) is 1.18. The lowest BCUT2D eigenvalue weighted by molar-refractivity contribution is -0.112. The van der Waals surface area contributed by atoms with Crippen molar-refractivity contribution in [2.75, 3.05) is 5.32 Å². The smallest absolute Gasteiger partial charge is 0.322 e. The zero-order valence-electron chi connectivity index (χ0n) is 9.49. The molecule has 0 heterocycles. The molecule has 18 heavy (non-hydrogen) atoms. The standard InChI is InChI=1S/C10H11N3O4S/c1-7(2)10(14)11-8-4-3-5-9(6-8)12-13-18(15,16)17/h3-6H,1H2,2H3,(H,11,14)(H,15,16,17)/b13-12-. The first kappa shape index (κ1) is 14.0. The van der Waals surface area contributed by atoms with Gasteiger partial charge in [0.05, 0.1) is 5.69 Å². The summed E-state index contributed by atoms with van der Waals surface area (Å²) in [5.41, 5.74) is 0.918. The van der Waals surface area contributed by atoms with Crippen LogP contribution >= 0.6 is 0 Å². The highest BCUT2D eigenvalue weighted by molar-refractivity contribution is 7.84. The Morgan fingerprint density at radius 3 is 2.67 bits per heavy atom. The van der Waals surface area contributed by atoms with Crippen LogP contribution in [-0.2, 0) is 15.1 Å². The number of hydrogen-bond donors (Lipinski definition) is 2. The van der Waals surface area contributed by atoms with Gasteiger partial charge in [-0.05, 0) is 29.6 Å². The van der Waals surface area contributed by atoms with E-state index in [1.807, 2.05) is 0 Å². The molecule has 1 amide bonds. The van der Waals surface area contributed by atoms with Crippen LogP contribution in [0.25, 0.3) is 0 Å². The van der Waals surface area contributed by atoms with Crippen LogP contribution in [0.15, 0.2) is 46.1 Å². The molecule has 7 nitrogen and oxygen atoms in total. The van der Waals surface area contributed by atoms with E-state index in [0.29, 0.717) is 11.3 Å². The zero-order chi connectivity index (χ0) is 13.8. The van der Waals surface area contributed by atoms with Gasteiger partial charge in [-0.2, -0.15) is 8.42 Å². The number of hydrogen-bond acceptors (Lipinski definition) is 4. The zero-order valence-corrected chi connectivity index (χ0v) is 10.3. The predicted molar refractivity (Wildman–Crippen MR) is 66.0 cm³/mol. The molecular formula is C10H11N3O4S. The average Bonchev–Trinajstić information content (AvgIpc) is 2.26. The Hall–Kier alpha value is -2.06. The van der Waals surface area contributed by atoms with Gasteiger partial charge in [0.1, 0.15) is 0 Å². The third-order valence-corrected chi connectivity index (χ3v) is 2.04. The minimum Gasteiger partial charge on any atom is -0.322 e. The molecule has 0 aliphatic heterocycles. The average molecular weight is 269 g/mol. The van der Waals surface area contributed by atoms with Gasteiger partial charge in [0, 0.05) is 11.3 Å². The monoisotopic (exact) mass is 269 g/mol. The number of amides is 1. The van der Waals surface area contributed by atoms with E-state index in [0.717, 1.165) is 0 Å². The van der Waals surface area contributed by atoms with E-state index in [1.54, 1.807) is 19.1 Å². The first-order valence-electron chi connectivity index (χ1n) is 4.75. The number of rotatable bonds is 4. The van der Waals surface area contributed by atoms with E-state index < -0.39 is 10.3 Å². The van der Waals surface area contributed by atoms with Crippen molar-refractivity contribution in [1.29, 1.82) is 0 Å². The summed E-state index contributed by atoms with van der Waals surface area (Å²) < 4.78 is 31.8. The van der Waals surface area contributed by atoms with E-state index in [1.165, 1.54) is 12.1 Å². The van der Waals surface area contributed by atoms with Gasteiger partial charge in [0.15, 0.2) is 0 Å². The Morgan fingerprint density at radius 1 is 1.44 bits per heavy atom. The molecule has 0 unspecified atom stereocenters. The normalized spacial score (nSPS) is 11.4. The number of nitrogens with zero attached hydrogens (tertiary/aromatic N) is 2. The molecular weight excluding hydrogens is 258 g/mol. The van der Waals surface area contributed by atoms with Crippen molar-refractivity contribution in [3.05, 3.63) is 36.4 Å². The molecule has 0 radical (unpaired) electrons. The van der Waals surface area contributed by atoms with Crippen molar-refractivity contribution in [2.45, 2.75) is 6.92 Å². The Kier molecular flexibility index (Phi) is 4.29. The molecule has 0 aliphatic rings. The minimum absolute atomic E-state index is 0.173. The lowest BCUT2D eigenvalue weighted by Gasteiger charge is -2.04. The third-order valence-electron chi connectivity index (χ3n) is 1.75. The molecule has 2 N–H and O–H groups in total. The van der Waals surface area contributed by atoms with Gasteiger partial charge in [-0.15, -0.1) is 5.11 Å². The lowest BCUT2D eigenvalue weighted by atomic mass is 10.2. The first-order valence-corrected chi connectivity index (χ1v) is 6.15. The van der Waals surface area contributed by atoms with Crippen LogP contribution in [0.3, 0.4) is 0 Å². The van der Waals surface area contributed by atoms with Gasteiger partial charge in [-0.25, -0.2) is 0 Å². The molecule has 1 rings (SSSR count). The maximum atomic E-state index is 11.3. The second-order valence-electron chi connectivity index (χ2n) is 3.41. The van der Waals surface area contributed by atoms with Crippen LogP contribution in [0.2, 0.25) is 0 Å². The van der Waals surface area contributed by atoms with Gasteiger partial charge in [0.2, 0.25) is 0 Å². The largest absolute Gasteiger partial charge is 0.396 e. The van der Waals surface area contributed by atoms with Crippen LogP contribution in [-0.4, -0.2) is 18.9 Å². The van der Waals surface area contributed by atoms with Crippen molar-refractivity contribution in [3.63, 3.8) is 0 Å². The van der Waals surface area contributed by atoms with Gasteiger partial charge in [-0.3, -0.25) is 9.35 Å². The maximum absolute atomic E-state index is 11.3. The summed E-state index contributed by atoms with van der Waals surface area (Å²) in [6.07, 6.45) is 0. The first-order chi connectivity index (χ1) is 8.28. The second-order valence-corrected chi connectivity index (χ2v) is 4.47. The number of benzene rings is 1. The fraction of sp³-hybridized carbons (Fsp3) is 0.100. The number of carbonyl (C=O) groups is 1. The summed E-state index contributed by atoms with van der Waals surface area (Å²) >= 11 is 0. The van der Waals surface area contributed by atoms with Crippen molar-refractivity contribution in [1.82, 2.24) is 0 Å². The van der Waals surface area contributed by atoms with Crippen LogP contribution in [0.5, 0.6) is 0 Å². The Labute approximate surface area is 104 Å². The van der Waals surface area contributed by atoms with E-state index >= 15 is 0 Å². The SMILES string of the molecule is C=C(C)C(=O)Nc1cccc(/N=N\S(=O)(=O)O)c1. The molecule has 1 aromatic carbocycles. The van der Waals surface area contributed by atoms with Crippen LogP contribution in [0.4, 0.5) is 11.4 Å². The highest BCUT2D eigenvalue weighted by atomic mass is 32.2. The Bertz CT molecular complexity index is 607. The second kappa shape index (κ2) is 5.52. The molecule has 0 spiro atoms. The van der Waals surface area contributed by atoms with Crippen molar-refractivity contribution >= 4 is 27.6 Å². The summed E-state index contributed by atoms with van der Waals surface area (Å²) in [4.78, 5) is 11.3. The summed E-state index contributed by atoms with van der Waals surface area (Å²) in [6, 6.07) is 6.00. The maximum Gasteiger partial charge on any atom is 0.396 e. The van der Waals surface area contributed by atoms with Gasteiger partial charge in [-0.1, -0.05) is 12.6 Å². The Morgan fingerprint density at radius 2 is 2.11 bits per heavy atom. The Balaban J connectivity index is 2.90. The molecule has 0 atom stereocenters. The predicted octanol–water partition coefficient (Wildman–Crippen LogP) is 2.09. The molecule has 0 saturated carbocycles. The van der Waals surface area contributed by atoms with E-state index in [-0.39, 0.29) is 11.6 Å². The minimum atomic E-state index is -4.51. The molecule has 0 aromatic heterocycles. The summed E-state index contributed by atoms with van der Waals surface area (Å²) in [5, 5.41) is 5.83. The number of carbonyl (C=O) groups excluding carboxylic acids is 1. The third kappa shape index (κ3) is 4.85. The van der Waals surface area contributed by atoms with Crippen LogP contribution < -0.4 is 5.32 Å². The lowest BCUT2D eigenvalue weighted by Crippen LogP contribution is -2.11. The van der Waals surface area contributed by atoms with Crippen molar-refractivity contribution < 1.29 is 17.8 Å². The quantitative estimate of drug-likeness (QED) is 0.495. The highest BCUT2D eigenvalue weighted by Crippen LogP contribution is 2.19. The summed E-state index contributed by atoms with van der Waals surface area (Å²) in [7, 11) is -4.51. The van der Waals surface area contributed by atoms with Gasteiger partial charge in [0.25, 0.3) is 5.91 Å². The topological polar surface area (TPSA) is 108 Å². The number of nitrogens with one attached hydrogen (secondary N) is 1. The van der Waals surface area contributed by atoms with Crippen molar-refractivity contribution in [3.8, 4) is 0 Å². The van der Waals surface area contributed by atoms with Crippen LogP contribution in [0.1, 0.15) is 6.92 Å². The molecule has 96 valence electrons. The fourth-order valence-electron chi connectivity index (χ4n) is 0.982. The van der Waals surface area contributed by atoms with E-state index in [2.05, 4.69) is 21.5 Å². The van der Waals surface area contributed by atoms with Crippen LogP contribution in [0, 0.1) is 0 Å². The molecule has 0 fully saturated rings. The molecule has 0 aliphatic carbocycles. The van der Waals surface area contributed by atoms with E-state index in [9.17, 15) is 13.2 Å². The van der Waals surface area contributed by atoms with Gasteiger partial charge >= 0.3 is 10.3 Å². The molecule has 0 bridgehead atoms. The van der Waals surface area contributed by atoms with Gasteiger partial charge < -0.3 is 5.32 Å². The molecule has 8 heteroatoms. The number of anilines is 1. The van der Waals surface area contributed by atoms with E-state index in [4.69, 9.17) is 4.55 Å². The summed E-state index contributed by atoms with van der Waals surface area (Å²) in [6.45, 7) is 5.03. The highest BCUT2D eigenvalue weighted by Gasteiger charge is 2.03. The summed E-state index contributed by atoms with van der Waals surface area (Å²) in [5.74, 6) is -0.362. The van der Waals surface area contributed by atoms with Crippen molar-refractivity contribution in [2.24, 2.45) is 9.63 Å². The molecule has 0 saturated heterocycles.